The van der Waals surface area contributed by atoms with Gasteiger partial charge in [-0.15, -0.1) is 0 Å². The Balaban J connectivity index is 2.43. The number of esters is 2. The van der Waals surface area contributed by atoms with Crippen LogP contribution in [0, 0.1) is 0 Å². The third kappa shape index (κ3) is 4.45. The molecule has 0 aromatic heterocycles. The minimum atomic E-state index is -0.367. The Bertz CT molecular complexity index is 417. The van der Waals surface area contributed by atoms with Gasteiger partial charge in [-0.05, 0) is 24.6 Å². The Morgan fingerprint density at radius 2 is 2.00 bits per heavy atom. The molecule has 0 bridgehead atoms. The van der Waals surface area contributed by atoms with Gasteiger partial charge < -0.3 is 14.8 Å². The molecule has 1 aromatic rings. The maximum Gasteiger partial charge on any atom is 0.337 e. The SMILES string of the molecule is COC(=O)CCCNc1cccc(C(=O)OC)c1. The van der Waals surface area contributed by atoms with Gasteiger partial charge in [0.05, 0.1) is 19.8 Å². The van der Waals surface area contributed by atoms with Crippen LogP contribution in [0.1, 0.15) is 23.2 Å². The quantitative estimate of drug-likeness (QED) is 0.617. The van der Waals surface area contributed by atoms with Crippen LogP contribution in [0.15, 0.2) is 24.3 Å². The number of nitrogens with one attached hydrogen (secondary N) is 1. The van der Waals surface area contributed by atoms with E-state index in [1.54, 1.807) is 18.2 Å². The molecule has 5 heteroatoms. The predicted octanol–water partition coefficient (Wildman–Crippen LogP) is 1.84. The van der Waals surface area contributed by atoms with Crippen molar-refractivity contribution in [2.24, 2.45) is 0 Å². The Morgan fingerprint density at radius 1 is 1.22 bits per heavy atom. The van der Waals surface area contributed by atoms with Gasteiger partial charge in [0.25, 0.3) is 0 Å². The zero-order chi connectivity index (χ0) is 13.4. The van der Waals surface area contributed by atoms with Crippen molar-refractivity contribution in [1.82, 2.24) is 0 Å². The van der Waals surface area contributed by atoms with Crippen molar-refractivity contribution in [3.8, 4) is 0 Å². The summed E-state index contributed by atoms with van der Waals surface area (Å²) < 4.78 is 9.17. The summed E-state index contributed by atoms with van der Waals surface area (Å²) in [6.45, 7) is 0.639. The summed E-state index contributed by atoms with van der Waals surface area (Å²) in [6, 6.07) is 7.02. The molecule has 5 nitrogen and oxygen atoms in total. The van der Waals surface area contributed by atoms with E-state index in [1.807, 2.05) is 6.07 Å². The Kier molecular flexibility index (Phi) is 5.70. The van der Waals surface area contributed by atoms with Crippen LogP contribution in [0.5, 0.6) is 0 Å². The molecule has 0 saturated carbocycles. The van der Waals surface area contributed by atoms with Crippen LogP contribution in [0.3, 0.4) is 0 Å². The van der Waals surface area contributed by atoms with E-state index < -0.39 is 0 Å². The van der Waals surface area contributed by atoms with E-state index in [-0.39, 0.29) is 11.9 Å². The summed E-state index contributed by atoms with van der Waals surface area (Å²) in [6.07, 6.45) is 1.05. The molecule has 0 fully saturated rings. The van der Waals surface area contributed by atoms with Gasteiger partial charge in [-0.25, -0.2) is 4.79 Å². The lowest BCUT2D eigenvalue weighted by atomic mass is 10.2. The van der Waals surface area contributed by atoms with Crippen molar-refractivity contribution in [2.75, 3.05) is 26.1 Å². The summed E-state index contributed by atoms with van der Waals surface area (Å²) in [5, 5.41) is 3.13. The number of benzene rings is 1. The average molecular weight is 251 g/mol. The van der Waals surface area contributed by atoms with Gasteiger partial charge in [0, 0.05) is 18.7 Å². The smallest absolute Gasteiger partial charge is 0.337 e. The van der Waals surface area contributed by atoms with Gasteiger partial charge in [-0.3, -0.25) is 4.79 Å². The summed E-state index contributed by atoms with van der Waals surface area (Å²) in [7, 11) is 2.72. The lowest BCUT2D eigenvalue weighted by molar-refractivity contribution is -0.140. The van der Waals surface area contributed by atoms with E-state index in [0.29, 0.717) is 24.9 Å². The second-order valence-corrected chi connectivity index (χ2v) is 3.68. The Morgan fingerprint density at radius 3 is 2.67 bits per heavy atom. The predicted molar refractivity (Wildman–Crippen MR) is 67.5 cm³/mol. The second-order valence-electron chi connectivity index (χ2n) is 3.68. The van der Waals surface area contributed by atoms with Crippen LogP contribution >= 0.6 is 0 Å². The fourth-order valence-electron chi connectivity index (χ4n) is 1.44. The maximum atomic E-state index is 11.3. The van der Waals surface area contributed by atoms with Crippen molar-refractivity contribution in [3.05, 3.63) is 29.8 Å². The topological polar surface area (TPSA) is 64.6 Å². The van der Waals surface area contributed by atoms with E-state index >= 15 is 0 Å². The molecule has 1 aromatic carbocycles. The first-order valence-electron chi connectivity index (χ1n) is 5.66. The molecule has 0 aliphatic carbocycles. The van der Waals surface area contributed by atoms with E-state index in [1.165, 1.54) is 14.2 Å². The minimum absolute atomic E-state index is 0.222. The van der Waals surface area contributed by atoms with Gasteiger partial charge in [0.1, 0.15) is 0 Å². The average Bonchev–Trinajstić information content (AvgIpc) is 2.42. The van der Waals surface area contributed by atoms with Crippen molar-refractivity contribution in [3.63, 3.8) is 0 Å². The molecule has 0 aliphatic heterocycles. The number of carbonyl (C=O) groups excluding carboxylic acids is 2. The summed E-state index contributed by atoms with van der Waals surface area (Å²) >= 11 is 0. The molecule has 0 amide bonds. The molecular weight excluding hydrogens is 234 g/mol. The minimum Gasteiger partial charge on any atom is -0.469 e. The molecule has 0 saturated heterocycles. The van der Waals surface area contributed by atoms with Crippen molar-refractivity contribution >= 4 is 17.6 Å². The summed E-state index contributed by atoms with van der Waals surface area (Å²) in [5.74, 6) is -0.590. The Hall–Kier alpha value is -2.04. The number of hydrogen-bond donors (Lipinski definition) is 1. The number of anilines is 1. The number of methoxy groups -OCH3 is 2. The molecule has 1 rings (SSSR count). The molecule has 0 atom stereocenters. The highest BCUT2D eigenvalue weighted by Gasteiger charge is 2.05. The number of rotatable bonds is 6. The van der Waals surface area contributed by atoms with Crippen molar-refractivity contribution in [1.29, 1.82) is 0 Å². The lowest BCUT2D eigenvalue weighted by Crippen LogP contribution is -2.07. The molecule has 98 valence electrons. The van der Waals surface area contributed by atoms with E-state index in [4.69, 9.17) is 0 Å². The van der Waals surface area contributed by atoms with Crippen molar-refractivity contribution in [2.45, 2.75) is 12.8 Å². The summed E-state index contributed by atoms with van der Waals surface area (Å²) in [5.41, 5.74) is 1.32. The molecule has 0 aliphatic rings. The lowest BCUT2D eigenvalue weighted by Gasteiger charge is -2.07. The third-order valence-electron chi connectivity index (χ3n) is 2.40. The zero-order valence-electron chi connectivity index (χ0n) is 10.6. The molecule has 1 N–H and O–H groups in total. The van der Waals surface area contributed by atoms with E-state index in [9.17, 15) is 9.59 Å². The van der Waals surface area contributed by atoms with Crippen LogP contribution in [0.4, 0.5) is 5.69 Å². The van der Waals surface area contributed by atoms with E-state index in [0.717, 1.165) is 5.69 Å². The molecule has 18 heavy (non-hydrogen) atoms. The fourth-order valence-corrected chi connectivity index (χ4v) is 1.44. The second kappa shape index (κ2) is 7.32. The van der Waals surface area contributed by atoms with Crippen LogP contribution in [-0.4, -0.2) is 32.7 Å². The van der Waals surface area contributed by atoms with Gasteiger partial charge in [-0.2, -0.15) is 0 Å². The maximum absolute atomic E-state index is 11.3. The number of ether oxygens (including phenoxy) is 2. The number of carbonyl (C=O) groups is 2. The van der Waals surface area contributed by atoms with Gasteiger partial charge >= 0.3 is 11.9 Å². The molecule has 0 radical (unpaired) electrons. The highest BCUT2D eigenvalue weighted by Crippen LogP contribution is 2.11. The molecule has 0 spiro atoms. The first-order valence-corrected chi connectivity index (χ1v) is 5.66. The van der Waals surface area contributed by atoms with Gasteiger partial charge in [0.2, 0.25) is 0 Å². The standard InChI is InChI=1S/C13H17NO4/c1-17-12(15)7-4-8-14-11-6-3-5-10(9-11)13(16)18-2/h3,5-6,9,14H,4,7-8H2,1-2H3. The monoisotopic (exact) mass is 251 g/mol. The fraction of sp³-hybridized carbons (Fsp3) is 0.385. The van der Waals surface area contributed by atoms with Crippen LogP contribution in [0.25, 0.3) is 0 Å². The highest BCUT2D eigenvalue weighted by molar-refractivity contribution is 5.90. The first-order chi connectivity index (χ1) is 8.67. The van der Waals surface area contributed by atoms with Crippen LogP contribution in [0.2, 0.25) is 0 Å². The third-order valence-corrected chi connectivity index (χ3v) is 2.40. The molecular formula is C13H17NO4. The molecule has 0 heterocycles. The van der Waals surface area contributed by atoms with Crippen molar-refractivity contribution < 1.29 is 19.1 Å². The zero-order valence-corrected chi connectivity index (χ0v) is 10.6. The van der Waals surface area contributed by atoms with Crippen LogP contribution < -0.4 is 5.32 Å². The normalized spacial score (nSPS) is 9.67. The Labute approximate surface area is 106 Å². The van der Waals surface area contributed by atoms with Gasteiger partial charge in [0.15, 0.2) is 0 Å². The molecule has 0 unspecified atom stereocenters. The summed E-state index contributed by atoms with van der Waals surface area (Å²) in [4.78, 5) is 22.2. The highest BCUT2D eigenvalue weighted by atomic mass is 16.5. The van der Waals surface area contributed by atoms with Crippen LogP contribution in [-0.2, 0) is 14.3 Å². The largest absolute Gasteiger partial charge is 0.469 e. The van der Waals surface area contributed by atoms with E-state index in [2.05, 4.69) is 14.8 Å². The number of hydrogen-bond acceptors (Lipinski definition) is 5. The first kappa shape index (κ1) is 14.0. The van der Waals surface area contributed by atoms with Gasteiger partial charge in [-0.1, -0.05) is 6.07 Å².